The highest BCUT2D eigenvalue weighted by Crippen LogP contribution is 2.45. The summed E-state index contributed by atoms with van der Waals surface area (Å²) in [6, 6.07) is 6.16. The van der Waals surface area contributed by atoms with E-state index in [0.717, 1.165) is 5.56 Å². The standard InChI is InChI=1S/C16H20F4N2/c17-14(18)12-3-1-11(2-4-12)8-22-9-13-7-16(19,20)6-5-15(13,21)10-22/h1-4,13-14H,5-10,21H2/t13-,15-/m1/s1. The maximum atomic E-state index is 13.5. The Hall–Kier alpha value is -1.14. The van der Waals surface area contributed by atoms with Crippen molar-refractivity contribution >= 4 is 0 Å². The van der Waals surface area contributed by atoms with E-state index in [0.29, 0.717) is 26.1 Å². The first kappa shape index (κ1) is 15.7. The van der Waals surface area contributed by atoms with Crippen molar-refractivity contribution in [3.8, 4) is 0 Å². The van der Waals surface area contributed by atoms with Crippen molar-refractivity contribution < 1.29 is 17.6 Å². The lowest BCUT2D eigenvalue weighted by atomic mass is 9.74. The predicted molar refractivity (Wildman–Crippen MR) is 75.9 cm³/mol. The van der Waals surface area contributed by atoms with E-state index in [1.165, 1.54) is 12.1 Å². The molecule has 1 aliphatic carbocycles. The molecule has 0 bridgehead atoms. The fourth-order valence-corrected chi connectivity index (χ4v) is 3.68. The molecule has 0 amide bonds. The smallest absolute Gasteiger partial charge is 0.263 e. The summed E-state index contributed by atoms with van der Waals surface area (Å²) in [6.45, 7) is 1.69. The zero-order valence-corrected chi connectivity index (χ0v) is 12.2. The zero-order chi connectivity index (χ0) is 16.0. The third kappa shape index (κ3) is 3.13. The van der Waals surface area contributed by atoms with Gasteiger partial charge < -0.3 is 5.73 Å². The van der Waals surface area contributed by atoms with Gasteiger partial charge in [-0.25, -0.2) is 17.6 Å². The van der Waals surface area contributed by atoms with Gasteiger partial charge in [-0.15, -0.1) is 0 Å². The number of alkyl halides is 4. The number of halogens is 4. The number of nitrogens with two attached hydrogens (primary N) is 1. The minimum absolute atomic E-state index is 0.00576. The summed E-state index contributed by atoms with van der Waals surface area (Å²) < 4.78 is 52.1. The molecule has 2 aliphatic rings. The Morgan fingerprint density at radius 1 is 1.18 bits per heavy atom. The molecule has 0 aromatic heterocycles. The Kier molecular flexibility index (Phi) is 3.93. The number of likely N-dealkylation sites (tertiary alicyclic amines) is 1. The normalized spacial score (nSPS) is 31.5. The van der Waals surface area contributed by atoms with Gasteiger partial charge in [0.25, 0.3) is 6.43 Å². The van der Waals surface area contributed by atoms with Gasteiger partial charge in [-0.1, -0.05) is 24.3 Å². The number of rotatable bonds is 3. The minimum atomic E-state index is -2.61. The molecule has 6 heteroatoms. The summed E-state index contributed by atoms with van der Waals surface area (Å²) in [5.41, 5.74) is 6.68. The first-order chi connectivity index (χ1) is 10.3. The van der Waals surface area contributed by atoms with Crippen LogP contribution in [0.2, 0.25) is 0 Å². The summed E-state index contributed by atoms with van der Waals surface area (Å²) in [7, 11) is 0. The highest BCUT2D eigenvalue weighted by molar-refractivity contribution is 5.23. The van der Waals surface area contributed by atoms with Gasteiger partial charge in [-0.2, -0.15) is 0 Å². The first-order valence-corrected chi connectivity index (χ1v) is 7.53. The number of benzene rings is 1. The van der Waals surface area contributed by atoms with Gasteiger partial charge >= 0.3 is 0 Å². The second-order valence-corrected chi connectivity index (χ2v) is 6.70. The quantitative estimate of drug-likeness (QED) is 0.864. The molecule has 2 fully saturated rings. The van der Waals surface area contributed by atoms with Gasteiger partial charge in [-0.05, 0) is 17.9 Å². The molecule has 1 saturated heterocycles. The van der Waals surface area contributed by atoms with Gasteiger partial charge in [0, 0.05) is 43.6 Å². The molecule has 1 aromatic rings. The van der Waals surface area contributed by atoms with Crippen molar-refractivity contribution in [1.82, 2.24) is 4.90 Å². The van der Waals surface area contributed by atoms with Crippen LogP contribution in [0.5, 0.6) is 0 Å². The maximum Gasteiger partial charge on any atom is 0.263 e. The number of hydrogen-bond donors (Lipinski definition) is 1. The largest absolute Gasteiger partial charge is 0.324 e. The van der Waals surface area contributed by atoms with Crippen LogP contribution in [0.25, 0.3) is 0 Å². The Bertz CT molecular complexity index is 531. The highest BCUT2D eigenvalue weighted by atomic mass is 19.3. The topological polar surface area (TPSA) is 29.3 Å². The summed E-state index contributed by atoms with van der Waals surface area (Å²) in [5, 5.41) is 0. The van der Waals surface area contributed by atoms with Gasteiger partial charge in [0.2, 0.25) is 5.92 Å². The molecule has 1 aromatic carbocycles. The van der Waals surface area contributed by atoms with Crippen LogP contribution in [0.4, 0.5) is 17.6 Å². The van der Waals surface area contributed by atoms with Crippen molar-refractivity contribution in [2.45, 2.75) is 43.7 Å². The molecule has 1 saturated carbocycles. The van der Waals surface area contributed by atoms with E-state index in [4.69, 9.17) is 5.73 Å². The lowest BCUT2D eigenvalue weighted by Crippen LogP contribution is -2.53. The third-order valence-electron chi connectivity index (χ3n) is 4.95. The highest BCUT2D eigenvalue weighted by Gasteiger charge is 2.52. The summed E-state index contributed by atoms with van der Waals surface area (Å²) in [4.78, 5) is 2.06. The molecule has 0 radical (unpaired) electrons. The molecule has 22 heavy (non-hydrogen) atoms. The number of nitrogens with zero attached hydrogens (tertiary/aromatic N) is 1. The van der Waals surface area contributed by atoms with Crippen molar-refractivity contribution in [3.05, 3.63) is 35.4 Å². The Morgan fingerprint density at radius 3 is 2.50 bits per heavy atom. The monoisotopic (exact) mass is 316 g/mol. The van der Waals surface area contributed by atoms with E-state index >= 15 is 0 Å². The average Bonchev–Trinajstić information content (AvgIpc) is 2.74. The Balaban J connectivity index is 1.65. The van der Waals surface area contributed by atoms with Gasteiger partial charge in [0.15, 0.2) is 0 Å². The molecule has 1 aliphatic heterocycles. The molecule has 2 nitrogen and oxygen atoms in total. The van der Waals surface area contributed by atoms with Gasteiger partial charge in [0.05, 0.1) is 0 Å². The van der Waals surface area contributed by atoms with E-state index in [-0.39, 0.29) is 24.3 Å². The van der Waals surface area contributed by atoms with E-state index in [1.54, 1.807) is 12.1 Å². The van der Waals surface area contributed by atoms with Crippen molar-refractivity contribution in [2.75, 3.05) is 13.1 Å². The van der Waals surface area contributed by atoms with Crippen molar-refractivity contribution in [2.24, 2.45) is 11.7 Å². The molecule has 1 heterocycles. The van der Waals surface area contributed by atoms with E-state index in [2.05, 4.69) is 4.90 Å². The minimum Gasteiger partial charge on any atom is -0.324 e. The fraction of sp³-hybridized carbons (Fsp3) is 0.625. The second-order valence-electron chi connectivity index (χ2n) is 6.70. The fourth-order valence-electron chi connectivity index (χ4n) is 3.68. The molecular weight excluding hydrogens is 296 g/mol. The summed E-state index contributed by atoms with van der Waals surface area (Å²) in [5.74, 6) is -2.81. The molecule has 2 atom stereocenters. The van der Waals surface area contributed by atoms with Crippen molar-refractivity contribution in [1.29, 1.82) is 0 Å². The lowest BCUT2D eigenvalue weighted by Gasteiger charge is -2.38. The molecule has 0 spiro atoms. The van der Waals surface area contributed by atoms with E-state index in [1.807, 2.05) is 0 Å². The van der Waals surface area contributed by atoms with Crippen LogP contribution in [0, 0.1) is 5.92 Å². The maximum absolute atomic E-state index is 13.5. The van der Waals surface area contributed by atoms with E-state index < -0.39 is 17.9 Å². The van der Waals surface area contributed by atoms with E-state index in [9.17, 15) is 17.6 Å². The Morgan fingerprint density at radius 2 is 1.86 bits per heavy atom. The van der Waals surface area contributed by atoms with Gasteiger partial charge in [-0.3, -0.25) is 4.90 Å². The van der Waals surface area contributed by atoms with Crippen LogP contribution in [-0.4, -0.2) is 29.5 Å². The number of hydrogen-bond acceptors (Lipinski definition) is 2. The predicted octanol–water partition coefficient (Wildman–Crippen LogP) is 3.57. The molecular formula is C16H20F4N2. The van der Waals surface area contributed by atoms with Crippen LogP contribution in [0.15, 0.2) is 24.3 Å². The van der Waals surface area contributed by atoms with Crippen LogP contribution in [0.1, 0.15) is 36.8 Å². The molecule has 3 rings (SSSR count). The van der Waals surface area contributed by atoms with Crippen LogP contribution in [0.3, 0.4) is 0 Å². The molecule has 0 unspecified atom stereocenters. The van der Waals surface area contributed by atoms with Gasteiger partial charge in [0.1, 0.15) is 0 Å². The second kappa shape index (κ2) is 5.49. The van der Waals surface area contributed by atoms with Crippen LogP contribution >= 0.6 is 0 Å². The van der Waals surface area contributed by atoms with Crippen molar-refractivity contribution in [3.63, 3.8) is 0 Å². The summed E-state index contributed by atoms with van der Waals surface area (Å²) >= 11 is 0. The zero-order valence-electron chi connectivity index (χ0n) is 12.2. The summed E-state index contributed by atoms with van der Waals surface area (Å²) in [6.07, 6.45) is -2.43. The third-order valence-corrected chi connectivity index (χ3v) is 4.95. The lowest BCUT2D eigenvalue weighted by molar-refractivity contribution is -0.0657. The average molecular weight is 316 g/mol. The van der Waals surface area contributed by atoms with Crippen LogP contribution < -0.4 is 5.73 Å². The van der Waals surface area contributed by atoms with Crippen LogP contribution in [-0.2, 0) is 6.54 Å². The SMILES string of the molecule is N[C@@]12CCC(F)(F)C[C@@H]1CN(Cc1ccc(C(F)F)cc1)C2. The molecule has 122 valence electrons. The first-order valence-electron chi connectivity index (χ1n) is 7.53. The number of fused-ring (bicyclic) bond motifs is 1. The Labute approximate surface area is 127 Å². The molecule has 2 N–H and O–H groups in total.